The van der Waals surface area contributed by atoms with E-state index in [0.29, 0.717) is 6.54 Å². The number of aromatic nitrogens is 2. The summed E-state index contributed by atoms with van der Waals surface area (Å²) >= 11 is 0. The lowest BCUT2D eigenvalue weighted by Crippen LogP contribution is -1.95. The number of fused-ring (bicyclic) bond motifs is 1. The molecule has 0 fully saturated rings. The van der Waals surface area contributed by atoms with Crippen LogP contribution < -0.4 is 5.73 Å². The van der Waals surface area contributed by atoms with Crippen molar-refractivity contribution in [3.8, 4) is 11.3 Å². The second kappa shape index (κ2) is 4.27. The van der Waals surface area contributed by atoms with Crippen LogP contribution in [-0.4, -0.2) is 10.2 Å². The highest BCUT2D eigenvalue weighted by Crippen LogP contribution is 2.28. The molecule has 90 valence electrons. The molecule has 0 bridgehead atoms. The Balaban J connectivity index is 2.22. The number of nitrogens with two attached hydrogens (primary N) is 1. The third-order valence-corrected chi connectivity index (χ3v) is 3.26. The SMILES string of the molecule is Cc1ccccc1-c1n[nH]c2cc(CN)ccc12. The average Bonchev–Trinajstić information content (AvgIpc) is 2.82. The largest absolute Gasteiger partial charge is 0.326 e. The molecule has 0 saturated carbocycles. The Hall–Kier alpha value is -2.13. The van der Waals surface area contributed by atoms with Gasteiger partial charge < -0.3 is 5.73 Å². The van der Waals surface area contributed by atoms with E-state index in [9.17, 15) is 0 Å². The first-order valence-corrected chi connectivity index (χ1v) is 6.02. The minimum atomic E-state index is 0.550. The molecule has 3 heteroatoms. The first-order valence-electron chi connectivity index (χ1n) is 6.02. The molecule has 3 aromatic rings. The average molecular weight is 237 g/mol. The number of hydrogen-bond donors (Lipinski definition) is 2. The van der Waals surface area contributed by atoms with Crippen LogP contribution in [0.5, 0.6) is 0 Å². The van der Waals surface area contributed by atoms with Gasteiger partial charge >= 0.3 is 0 Å². The molecule has 3 rings (SSSR count). The summed E-state index contributed by atoms with van der Waals surface area (Å²) in [7, 11) is 0. The number of benzene rings is 2. The molecule has 1 heterocycles. The van der Waals surface area contributed by atoms with Crippen molar-refractivity contribution in [3.63, 3.8) is 0 Å². The van der Waals surface area contributed by atoms with Crippen LogP contribution in [0.4, 0.5) is 0 Å². The highest BCUT2D eigenvalue weighted by Gasteiger charge is 2.09. The minimum Gasteiger partial charge on any atom is -0.326 e. The molecule has 1 aromatic heterocycles. The van der Waals surface area contributed by atoms with E-state index in [1.54, 1.807) is 0 Å². The van der Waals surface area contributed by atoms with E-state index < -0.39 is 0 Å². The van der Waals surface area contributed by atoms with Crippen molar-refractivity contribution in [2.45, 2.75) is 13.5 Å². The van der Waals surface area contributed by atoms with Crippen LogP contribution in [0, 0.1) is 6.92 Å². The Kier molecular flexibility index (Phi) is 2.61. The Labute approximate surface area is 106 Å². The molecular weight excluding hydrogens is 222 g/mol. The van der Waals surface area contributed by atoms with Crippen molar-refractivity contribution in [1.82, 2.24) is 10.2 Å². The summed E-state index contributed by atoms with van der Waals surface area (Å²) in [6, 6.07) is 14.5. The summed E-state index contributed by atoms with van der Waals surface area (Å²) < 4.78 is 0. The summed E-state index contributed by atoms with van der Waals surface area (Å²) in [6.07, 6.45) is 0. The molecule has 0 unspecified atom stereocenters. The number of nitrogens with zero attached hydrogens (tertiary/aromatic N) is 1. The monoisotopic (exact) mass is 237 g/mol. The fraction of sp³-hybridized carbons (Fsp3) is 0.133. The molecule has 0 saturated heterocycles. The van der Waals surface area contributed by atoms with Gasteiger partial charge in [0.25, 0.3) is 0 Å². The van der Waals surface area contributed by atoms with Crippen molar-refractivity contribution in [1.29, 1.82) is 0 Å². The van der Waals surface area contributed by atoms with Crippen LogP contribution in [0.25, 0.3) is 22.2 Å². The highest BCUT2D eigenvalue weighted by atomic mass is 15.1. The zero-order valence-corrected chi connectivity index (χ0v) is 10.3. The third-order valence-electron chi connectivity index (χ3n) is 3.26. The van der Waals surface area contributed by atoms with E-state index in [0.717, 1.165) is 22.2 Å². The molecule has 0 aliphatic heterocycles. The number of nitrogens with one attached hydrogen (secondary N) is 1. The van der Waals surface area contributed by atoms with Gasteiger partial charge in [0.05, 0.1) is 5.52 Å². The molecule has 0 aliphatic rings. The lowest BCUT2D eigenvalue weighted by molar-refractivity contribution is 1.07. The van der Waals surface area contributed by atoms with E-state index in [1.165, 1.54) is 11.1 Å². The second-order valence-corrected chi connectivity index (χ2v) is 4.47. The summed E-state index contributed by atoms with van der Waals surface area (Å²) in [5, 5.41) is 8.66. The molecule has 0 spiro atoms. The van der Waals surface area contributed by atoms with Crippen molar-refractivity contribution in [2.24, 2.45) is 5.73 Å². The van der Waals surface area contributed by atoms with Crippen LogP contribution in [-0.2, 0) is 6.54 Å². The maximum atomic E-state index is 5.65. The fourth-order valence-electron chi connectivity index (χ4n) is 2.24. The smallest absolute Gasteiger partial charge is 0.100 e. The number of aryl methyl sites for hydroxylation is 1. The van der Waals surface area contributed by atoms with Crippen LogP contribution in [0.15, 0.2) is 42.5 Å². The summed E-state index contributed by atoms with van der Waals surface area (Å²) in [5.74, 6) is 0. The molecule has 3 nitrogen and oxygen atoms in total. The highest BCUT2D eigenvalue weighted by molar-refractivity contribution is 5.93. The van der Waals surface area contributed by atoms with Crippen molar-refractivity contribution < 1.29 is 0 Å². The van der Waals surface area contributed by atoms with Crippen molar-refractivity contribution in [3.05, 3.63) is 53.6 Å². The molecule has 18 heavy (non-hydrogen) atoms. The van der Waals surface area contributed by atoms with Crippen LogP contribution in [0.1, 0.15) is 11.1 Å². The van der Waals surface area contributed by atoms with Crippen LogP contribution >= 0.6 is 0 Å². The Morgan fingerprint density at radius 3 is 2.78 bits per heavy atom. The summed E-state index contributed by atoms with van der Waals surface area (Å²) in [5.41, 5.74) is 11.2. The van der Waals surface area contributed by atoms with Gasteiger partial charge in [-0.15, -0.1) is 0 Å². The van der Waals surface area contributed by atoms with Gasteiger partial charge in [0.1, 0.15) is 5.69 Å². The Bertz CT molecular complexity index is 698. The standard InChI is InChI=1S/C15H15N3/c1-10-4-2-3-5-12(10)15-13-7-6-11(9-16)8-14(13)17-18-15/h2-8H,9,16H2,1H3,(H,17,18). The van der Waals surface area contributed by atoms with Gasteiger partial charge in [-0.2, -0.15) is 5.10 Å². The predicted molar refractivity (Wildman–Crippen MR) is 74.2 cm³/mol. The number of H-pyrrole nitrogens is 1. The maximum Gasteiger partial charge on any atom is 0.100 e. The maximum absolute atomic E-state index is 5.65. The van der Waals surface area contributed by atoms with E-state index in [-0.39, 0.29) is 0 Å². The summed E-state index contributed by atoms with van der Waals surface area (Å²) in [4.78, 5) is 0. The molecular formula is C15H15N3. The molecule has 3 N–H and O–H groups in total. The number of aromatic amines is 1. The number of hydrogen-bond acceptors (Lipinski definition) is 2. The molecule has 0 atom stereocenters. The van der Waals surface area contributed by atoms with E-state index in [4.69, 9.17) is 5.73 Å². The van der Waals surface area contributed by atoms with Gasteiger partial charge in [-0.25, -0.2) is 0 Å². The molecule has 0 radical (unpaired) electrons. The molecule has 0 aliphatic carbocycles. The topological polar surface area (TPSA) is 54.7 Å². The second-order valence-electron chi connectivity index (χ2n) is 4.47. The van der Waals surface area contributed by atoms with Crippen molar-refractivity contribution in [2.75, 3.05) is 0 Å². The first-order chi connectivity index (χ1) is 8.79. The van der Waals surface area contributed by atoms with Gasteiger partial charge in [-0.1, -0.05) is 36.4 Å². The quantitative estimate of drug-likeness (QED) is 0.720. The van der Waals surface area contributed by atoms with E-state index in [2.05, 4.69) is 47.5 Å². The minimum absolute atomic E-state index is 0.550. The Morgan fingerprint density at radius 1 is 1.17 bits per heavy atom. The fourth-order valence-corrected chi connectivity index (χ4v) is 2.24. The lowest BCUT2D eigenvalue weighted by atomic mass is 10.0. The van der Waals surface area contributed by atoms with Gasteiger partial charge in [-0.3, -0.25) is 5.10 Å². The molecule has 0 amide bonds. The first kappa shape index (κ1) is 11.0. The predicted octanol–water partition coefficient (Wildman–Crippen LogP) is 3.00. The zero-order chi connectivity index (χ0) is 12.5. The third kappa shape index (κ3) is 1.69. The van der Waals surface area contributed by atoms with Crippen LogP contribution in [0.3, 0.4) is 0 Å². The Morgan fingerprint density at radius 2 is 2.00 bits per heavy atom. The van der Waals surface area contributed by atoms with Gasteiger partial charge in [0, 0.05) is 17.5 Å². The normalized spacial score (nSPS) is 11.0. The zero-order valence-electron chi connectivity index (χ0n) is 10.3. The van der Waals surface area contributed by atoms with Gasteiger partial charge in [0.15, 0.2) is 0 Å². The molecule has 2 aromatic carbocycles. The van der Waals surface area contributed by atoms with E-state index in [1.807, 2.05) is 12.1 Å². The van der Waals surface area contributed by atoms with Gasteiger partial charge in [0.2, 0.25) is 0 Å². The summed E-state index contributed by atoms with van der Waals surface area (Å²) in [6.45, 7) is 2.65. The lowest BCUT2D eigenvalue weighted by Gasteiger charge is -2.02. The van der Waals surface area contributed by atoms with Crippen molar-refractivity contribution >= 4 is 10.9 Å². The van der Waals surface area contributed by atoms with Crippen LogP contribution in [0.2, 0.25) is 0 Å². The van der Waals surface area contributed by atoms with Gasteiger partial charge in [-0.05, 0) is 24.1 Å². The van der Waals surface area contributed by atoms with E-state index >= 15 is 0 Å². The number of rotatable bonds is 2.